The van der Waals surface area contributed by atoms with E-state index in [4.69, 9.17) is 11.6 Å². The van der Waals surface area contributed by atoms with Crippen molar-refractivity contribution in [3.8, 4) is 0 Å². The number of aromatic nitrogens is 2. The van der Waals surface area contributed by atoms with Gasteiger partial charge in [0.15, 0.2) is 0 Å². The normalized spacial score (nSPS) is 12.3. The molecule has 1 N–H and O–H groups in total. The van der Waals surface area contributed by atoms with E-state index in [0.717, 1.165) is 5.56 Å². The van der Waals surface area contributed by atoms with Crippen LogP contribution in [0.25, 0.3) is 0 Å². The second-order valence-corrected chi connectivity index (χ2v) is 3.99. The summed E-state index contributed by atoms with van der Waals surface area (Å²) in [7, 11) is 0. The molecule has 0 saturated heterocycles. The molecular weight excluding hydrogens is 240 g/mol. The molecule has 2 aromatic rings. The van der Waals surface area contributed by atoms with Gasteiger partial charge in [-0.05, 0) is 17.2 Å². The Balaban J connectivity index is 2.26. The van der Waals surface area contributed by atoms with Gasteiger partial charge in [0.2, 0.25) is 5.28 Å². The number of carbonyl (C=O) groups is 1. The molecule has 0 aliphatic heterocycles. The molecule has 1 heterocycles. The summed E-state index contributed by atoms with van der Waals surface area (Å²) in [5, 5.41) is 9.54. The number of carboxylic acid groups (broad SMARTS) is 1. The van der Waals surface area contributed by atoms with Gasteiger partial charge in [-0.2, -0.15) is 0 Å². The first kappa shape index (κ1) is 11.7. The quantitative estimate of drug-likeness (QED) is 0.907. The monoisotopic (exact) mass is 250 g/mol. The Hall–Kier alpha value is -1.81. The Morgan fingerprint density at radius 3 is 2.65 bits per heavy atom. The molecule has 2 rings (SSSR count). The number of hydrogen-bond acceptors (Lipinski definition) is 2. The van der Waals surface area contributed by atoms with Crippen molar-refractivity contribution >= 4 is 17.6 Å². The third kappa shape index (κ3) is 2.65. The number of halogens is 1. The molecule has 1 atom stereocenters. The minimum absolute atomic E-state index is 0.276. The minimum Gasteiger partial charge on any atom is -0.481 e. The molecule has 5 heteroatoms. The van der Waals surface area contributed by atoms with Crippen molar-refractivity contribution in [3.63, 3.8) is 0 Å². The second-order valence-electron chi connectivity index (χ2n) is 3.65. The van der Waals surface area contributed by atoms with Crippen LogP contribution in [0, 0.1) is 0 Å². The Morgan fingerprint density at radius 2 is 2.12 bits per heavy atom. The van der Waals surface area contributed by atoms with Crippen LogP contribution < -0.4 is 0 Å². The lowest BCUT2D eigenvalue weighted by Crippen LogP contribution is -2.17. The summed E-state index contributed by atoms with van der Waals surface area (Å²) in [6.07, 6.45) is 3.22. The van der Waals surface area contributed by atoms with Crippen LogP contribution in [0.1, 0.15) is 11.5 Å². The molecule has 0 aliphatic carbocycles. The largest absolute Gasteiger partial charge is 0.481 e. The molecule has 0 fully saturated rings. The molecule has 0 radical (unpaired) electrons. The van der Waals surface area contributed by atoms with E-state index in [0.29, 0.717) is 5.28 Å². The molecule has 1 aromatic heterocycles. The smallest absolute Gasteiger partial charge is 0.312 e. The Kier molecular flexibility index (Phi) is 3.44. The molecule has 0 bridgehead atoms. The molecule has 4 nitrogen and oxygen atoms in total. The van der Waals surface area contributed by atoms with Crippen LogP contribution in [0.15, 0.2) is 42.7 Å². The molecule has 88 valence electrons. The van der Waals surface area contributed by atoms with E-state index in [1.807, 2.05) is 18.2 Å². The summed E-state index contributed by atoms with van der Waals surface area (Å²) in [6, 6.07) is 9.08. The van der Waals surface area contributed by atoms with Gasteiger partial charge in [-0.1, -0.05) is 30.3 Å². The van der Waals surface area contributed by atoms with Gasteiger partial charge in [-0.3, -0.25) is 4.79 Å². The lowest BCUT2D eigenvalue weighted by molar-refractivity contribution is -0.139. The highest BCUT2D eigenvalue weighted by molar-refractivity contribution is 6.28. The van der Waals surface area contributed by atoms with E-state index >= 15 is 0 Å². The van der Waals surface area contributed by atoms with Crippen molar-refractivity contribution in [1.82, 2.24) is 9.55 Å². The van der Waals surface area contributed by atoms with Crippen molar-refractivity contribution in [2.75, 3.05) is 0 Å². The SMILES string of the molecule is O=C(O)C(Cn1ccnc1Cl)c1ccccc1. The van der Waals surface area contributed by atoms with Crippen molar-refractivity contribution < 1.29 is 9.90 Å². The number of benzene rings is 1. The van der Waals surface area contributed by atoms with Gasteiger partial charge in [0.05, 0.1) is 5.92 Å². The Labute approximate surface area is 103 Å². The Morgan fingerprint density at radius 1 is 1.41 bits per heavy atom. The van der Waals surface area contributed by atoms with E-state index in [1.165, 1.54) is 0 Å². The average molecular weight is 251 g/mol. The fourth-order valence-corrected chi connectivity index (χ4v) is 1.84. The third-order valence-electron chi connectivity index (χ3n) is 2.54. The van der Waals surface area contributed by atoms with Gasteiger partial charge >= 0.3 is 5.97 Å². The maximum absolute atomic E-state index is 11.3. The number of imidazole rings is 1. The zero-order valence-corrected chi connectivity index (χ0v) is 9.71. The summed E-state index contributed by atoms with van der Waals surface area (Å²) < 4.78 is 1.62. The molecule has 0 amide bonds. The first-order valence-electron chi connectivity index (χ1n) is 5.13. The van der Waals surface area contributed by atoms with Crippen molar-refractivity contribution in [2.45, 2.75) is 12.5 Å². The van der Waals surface area contributed by atoms with E-state index < -0.39 is 11.9 Å². The van der Waals surface area contributed by atoms with Crippen molar-refractivity contribution in [2.24, 2.45) is 0 Å². The predicted octanol–water partition coefficient (Wildman–Crippen LogP) is 2.40. The van der Waals surface area contributed by atoms with Crippen LogP contribution in [-0.4, -0.2) is 20.6 Å². The van der Waals surface area contributed by atoms with Crippen LogP contribution in [0.5, 0.6) is 0 Å². The van der Waals surface area contributed by atoms with Crippen LogP contribution >= 0.6 is 11.6 Å². The van der Waals surface area contributed by atoms with Crippen molar-refractivity contribution in [1.29, 1.82) is 0 Å². The van der Waals surface area contributed by atoms with Gasteiger partial charge in [0, 0.05) is 18.9 Å². The van der Waals surface area contributed by atoms with Crippen LogP contribution in [0.3, 0.4) is 0 Å². The van der Waals surface area contributed by atoms with Crippen molar-refractivity contribution in [3.05, 3.63) is 53.6 Å². The first-order chi connectivity index (χ1) is 8.18. The van der Waals surface area contributed by atoms with Gasteiger partial charge < -0.3 is 9.67 Å². The molecule has 1 unspecified atom stereocenters. The summed E-state index contributed by atoms with van der Waals surface area (Å²) >= 11 is 5.83. The molecule has 1 aromatic carbocycles. The average Bonchev–Trinajstić information content (AvgIpc) is 2.72. The number of nitrogens with zero attached hydrogens (tertiary/aromatic N) is 2. The van der Waals surface area contributed by atoms with Crippen LogP contribution in [-0.2, 0) is 11.3 Å². The lowest BCUT2D eigenvalue weighted by Gasteiger charge is -2.13. The molecule has 17 heavy (non-hydrogen) atoms. The van der Waals surface area contributed by atoms with Crippen LogP contribution in [0.4, 0.5) is 0 Å². The minimum atomic E-state index is -0.874. The standard InChI is InChI=1S/C12H11ClN2O2/c13-12-14-6-7-15(12)8-10(11(16)17)9-4-2-1-3-5-9/h1-7,10H,8H2,(H,16,17). The fraction of sp³-hybridized carbons (Fsp3) is 0.167. The number of aliphatic carboxylic acids is 1. The summed E-state index contributed by atoms with van der Waals surface area (Å²) in [6.45, 7) is 0.276. The van der Waals surface area contributed by atoms with E-state index in [1.54, 1.807) is 29.1 Å². The van der Waals surface area contributed by atoms with Gasteiger partial charge in [-0.25, -0.2) is 4.98 Å². The second kappa shape index (κ2) is 5.01. The highest BCUT2D eigenvalue weighted by Gasteiger charge is 2.20. The fourth-order valence-electron chi connectivity index (χ4n) is 1.66. The number of hydrogen-bond donors (Lipinski definition) is 1. The maximum Gasteiger partial charge on any atom is 0.312 e. The highest BCUT2D eigenvalue weighted by atomic mass is 35.5. The number of carboxylic acids is 1. The Bertz CT molecular complexity index is 510. The zero-order chi connectivity index (χ0) is 12.3. The molecule has 0 spiro atoms. The summed E-state index contributed by atoms with van der Waals surface area (Å²) in [4.78, 5) is 15.1. The predicted molar refractivity (Wildman–Crippen MR) is 64.1 cm³/mol. The van der Waals surface area contributed by atoms with E-state index in [2.05, 4.69) is 4.98 Å². The first-order valence-corrected chi connectivity index (χ1v) is 5.50. The van der Waals surface area contributed by atoms with E-state index in [-0.39, 0.29) is 6.54 Å². The summed E-state index contributed by atoms with van der Waals surface area (Å²) in [5.41, 5.74) is 0.754. The van der Waals surface area contributed by atoms with Gasteiger partial charge in [-0.15, -0.1) is 0 Å². The molecular formula is C12H11ClN2O2. The van der Waals surface area contributed by atoms with Gasteiger partial charge in [0.1, 0.15) is 0 Å². The van der Waals surface area contributed by atoms with Gasteiger partial charge in [0.25, 0.3) is 0 Å². The zero-order valence-electron chi connectivity index (χ0n) is 8.95. The lowest BCUT2D eigenvalue weighted by atomic mass is 9.99. The highest BCUT2D eigenvalue weighted by Crippen LogP contribution is 2.20. The van der Waals surface area contributed by atoms with Crippen LogP contribution in [0.2, 0.25) is 5.28 Å². The van der Waals surface area contributed by atoms with E-state index in [9.17, 15) is 9.90 Å². The summed E-state index contributed by atoms with van der Waals surface area (Å²) in [5.74, 6) is -1.50. The maximum atomic E-state index is 11.3. The number of rotatable bonds is 4. The topological polar surface area (TPSA) is 55.1 Å². The molecule has 0 aliphatic rings. The third-order valence-corrected chi connectivity index (χ3v) is 2.86. The molecule has 0 saturated carbocycles.